The van der Waals surface area contributed by atoms with Gasteiger partial charge in [0.1, 0.15) is 6.61 Å². The minimum atomic E-state index is -4.20. The lowest BCUT2D eigenvalue weighted by Gasteiger charge is -2.38. The van der Waals surface area contributed by atoms with Crippen molar-refractivity contribution in [3.8, 4) is 0 Å². The molecule has 0 aliphatic rings. The number of phosphoric ester groups is 2. The van der Waals surface area contributed by atoms with Gasteiger partial charge in [0.2, 0.25) is 6.54 Å². The van der Waals surface area contributed by atoms with Crippen molar-refractivity contribution in [2.24, 2.45) is 30.7 Å². The highest BCUT2D eigenvalue weighted by Gasteiger charge is 2.34. The van der Waals surface area contributed by atoms with Crippen molar-refractivity contribution in [2.75, 3.05) is 107 Å². The molecule has 6 aromatic rings. The lowest BCUT2D eigenvalue weighted by Crippen LogP contribution is -2.46. The Kier molecular flexibility index (Phi) is 37.6. The predicted octanol–water partition coefficient (Wildman–Crippen LogP) is 14.7. The van der Waals surface area contributed by atoms with Gasteiger partial charge in [-0.25, -0.2) is 20.4 Å². The molecule has 32 heteroatoms. The van der Waals surface area contributed by atoms with Crippen LogP contribution in [-0.4, -0.2) is 177 Å². The summed E-state index contributed by atoms with van der Waals surface area (Å²) in [7, 11) is 4.67. The normalized spacial score (nSPS) is 14.8. The number of benzene rings is 6. The first kappa shape index (κ1) is 85.4. The summed E-state index contributed by atoms with van der Waals surface area (Å²) >= 11 is 0. The number of nitrogens with one attached hydrogen (secondary N) is 3. The van der Waals surface area contributed by atoms with Crippen molar-refractivity contribution in [3.63, 3.8) is 0 Å². The number of hydrogen-bond donors (Lipinski definition) is 5. The van der Waals surface area contributed by atoms with E-state index in [4.69, 9.17) is 38.9 Å². The number of ether oxygens (including phenoxy) is 3. The van der Waals surface area contributed by atoms with E-state index in [0.29, 0.717) is 39.4 Å². The van der Waals surface area contributed by atoms with Crippen LogP contribution in [0.15, 0.2) is 182 Å². The first-order valence-corrected chi connectivity index (χ1v) is 36.1. The molecule has 0 saturated heterocycles. The number of hydrogen-bond acceptors (Lipinski definition) is 23. The second-order valence-electron chi connectivity index (χ2n) is 23.3. The molecule has 29 nitrogen and oxygen atoms in total. The third kappa shape index (κ3) is 31.0. The van der Waals surface area contributed by atoms with Gasteiger partial charge in [0.25, 0.3) is 26.2 Å². The number of nitrogens with zero attached hydrogens (tertiary/aromatic N) is 10. The highest BCUT2D eigenvalue weighted by atomic mass is 31.2. The Morgan fingerprint density at radius 3 is 1.02 bits per heavy atom. The predicted molar refractivity (Wildman–Crippen MR) is 391 cm³/mol. The maximum absolute atomic E-state index is 13.1. The van der Waals surface area contributed by atoms with Crippen LogP contribution in [-0.2, 0) is 50.5 Å². The summed E-state index contributed by atoms with van der Waals surface area (Å²) in [5, 5.41) is 33.7. The van der Waals surface area contributed by atoms with Crippen LogP contribution >= 0.6 is 24.2 Å². The molecular formula is C69H96N13O16P3. The van der Waals surface area contributed by atoms with Gasteiger partial charge in [-0.1, -0.05) is 18.2 Å². The minimum Gasteiger partial charge on any atom is -0.382 e. The fraction of sp³-hybridized carbons (Fsp3) is 0.420. The van der Waals surface area contributed by atoms with E-state index in [0.717, 1.165) is 37.0 Å². The maximum Gasteiger partial charge on any atom is 0.472 e. The molecule has 3 unspecified atom stereocenters. The lowest BCUT2D eigenvalue weighted by molar-refractivity contribution is 0.0579. The molecule has 6 rings (SSSR count). The Labute approximate surface area is 594 Å². The molecule has 0 aliphatic carbocycles. The van der Waals surface area contributed by atoms with Gasteiger partial charge in [-0.05, 0) is 182 Å². The first-order valence-electron chi connectivity index (χ1n) is 32.0. The van der Waals surface area contributed by atoms with E-state index < -0.39 is 66.5 Å². The zero-order valence-corrected chi connectivity index (χ0v) is 62.7. The molecule has 5 N–H and O–H groups in total. The minimum absolute atomic E-state index is 0.0789. The van der Waals surface area contributed by atoms with Gasteiger partial charge in [-0.2, -0.15) is 30.7 Å². The average molecular weight is 1460 g/mol. The van der Waals surface area contributed by atoms with Crippen LogP contribution in [0.5, 0.6) is 0 Å². The highest BCUT2D eigenvalue weighted by Crippen LogP contribution is 2.48. The van der Waals surface area contributed by atoms with Crippen LogP contribution in [0.25, 0.3) is 4.85 Å². The maximum atomic E-state index is 13.1. The average Bonchev–Trinajstić information content (AvgIpc) is 0.875. The molecule has 0 heterocycles. The zero-order chi connectivity index (χ0) is 74.7. The zero-order valence-electron chi connectivity index (χ0n) is 60.0. The van der Waals surface area contributed by atoms with Crippen LogP contribution in [0.3, 0.4) is 0 Å². The summed E-state index contributed by atoms with van der Waals surface area (Å²) in [4.78, 5) is 64.6. The number of carbonyl (C=O) groups excluding carboxylic acids is 3. The van der Waals surface area contributed by atoms with E-state index in [1.807, 2.05) is 124 Å². The Morgan fingerprint density at radius 2 is 0.752 bits per heavy atom. The van der Waals surface area contributed by atoms with Crippen molar-refractivity contribution in [2.45, 2.75) is 97.0 Å². The molecule has 0 radical (unpaired) electrons. The Hall–Kier alpha value is -7.97. The molecule has 0 saturated carbocycles. The molecular weight excluding hydrogens is 1360 g/mol. The van der Waals surface area contributed by atoms with Crippen molar-refractivity contribution >= 4 is 87.4 Å². The van der Waals surface area contributed by atoms with Crippen LogP contribution in [0, 0.1) is 6.57 Å². The molecule has 0 bridgehead atoms. The molecule has 3 amide bonds. The Bertz CT molecular complexity index is 3660. The van der Waals surface area contributed by atoms with Gasteiger partial charge in [-0.3, -0.25) is 32.5 Å². The lowest BCUT2D eigenvalue weighted by atomic mass is 10.1. The van der Waals surface area contributed by atoms with Crippen LogP contribution < -0.4 is 25.8 Å². The molecule has 548 valence electrons. The second kappa shape index (κ2) is 44.4. The first-order chi connectivity index (χ1) is 48.1. The molecule has 9 atom stereocenters. The molecule has 0 aromatic heterocycles. The molecule has 0 spiro atoms. The van der Waals surface area contributed by atoms with Gasteiger partial charge in [0.15, 0.2) is 0 Å². The van der Waals surface area contributed by atoms with Crippen molar-refractivity contribution in [1.82, 2.24) is 20.6 Å². The number of rotatable bonds is 37. The van der Waals surface area contributed by atoms with Gasteiger partial charge in [0.05, 0.1) is 90.4 Å². The smallest absolute Gasteiger partial charge is 0.382 e. The number of anilines is 2. The number of azo groups is 3. The van der Waals surface area contributed by atoms with E-state index in [2.05, 4.69) is 92.9 Å². The fourth-order valence-electron chi connectivity index (χ4n) is 8.85. The molecule has 6 aromatic carbocycles. The highest BCUT2D eigenvalue weighted by molar-refractivity contribution is 7.47. The van der Waals surface area contributed by atoms with Crippen LogP contribution in [0.1, 0.15) is 79.5 Å². The summed E-state index contributed by atoms with van der Waals surface area (Å²) in [6, 6.07) is 43.4. The monoisotopic (exact) mass is 1460 g/mol. The summed E-state index contributed by atoms with van der Waals surface area (Å²) in [5.74, 6) is -1.03. The summed E-state index contributed by atoms with van der Waals surface area (Å²) in [6.45, 7) is 21.3. The largest absolute Gasteiger partial charge is 0.472 e. The number of methoxy groups -OCH3 is 3. The fourth-order valence-corrected chi connectivity index (χ4v) is 11.9. The van der Waals surface area contributed by atoms with E-state index in [-0.39, 0.29) is 56.9 Å². The van der Waals surface area contributed by atoms with E-state index >= 15 is 0 Å². The van der Waals surface area contributed by atoms with E-state index in [9.17, 15) is 33.3 Å². The van der Waals surface area contributed by atoms with Gasteiger partial charge < -0.3 is 63.6 Å². The summed E-state index contributed by atoms with van der Waals surface area (Å²) < 4.78 is 72.2. The van der Waals surface area contributed by atoms with Crippen molar-refractivity contribution in [1.29, 1.82) is 0 Å². The van der Waals surface area contributed by atoms with Crippen LogP contribution in [0.2, 0.25) is 0 Å². The Morgan fingerprint density at radius 1 is 0.465 bits per heavy atom. The number of phosphoric acid groups is 2. The SMILES string of the molecule is COC[C@H](NC(=O)c1ccc(N=Nc2ccc(N(C)C)cc2)cc1)[C@H](C)OP(=O)(O)OC.COC[C@H](NC(=O)c1ccc(N=Nc2ccccc2)cc1)[C@H](C)OP(=O)(O)OC.[C-]#[N+]CCOP(O[C@@H](C)[C@H](COC)NC(=O)c1ccc(N=Nc2ccc(N(C)C)cc2)cc1)N(C(C)C)C(C)C. The quantitative estimate of drug-likeness (QED) is 0.0105. The van der Waals surface area contributed by atoms with E-state index in [1.54, 1.807) is 93.8 Å². The third-order valence-corrected chi connectivity index (χ3v) is 18.7. The summed E-state index contributed by atoms with van der Waals surface area (Å²) in [6.07, 6.45) is -2.06. The summed E-state index contributed by atoms with van der Waals surface area (Å²) in [5.41, 5.74) is 7.41. The Balaban J connectivity index is 0.000000326. The van der Waals surface area contributed by atoms with Gasteiger partial charge in [-0.15, -0.1) is 0 Å². The number of carbonyl (C=O) groups is 3. The van der Waals surface area contributed by atoms with Crippen molar-refractivity contribution in [3.05, 3.63) is 180 Å². The molecule has 0 aliphatic heterocycles. The molecule has 0 fully saturated rings. The second-order valence-corrected chi connectivity index (χ2v) is 27.7. The third-order valence-electron chi connectivity index (χ3n) is 14.4. The number of amides is 3. The van der Waals surface area contributed by atoms with Gasteiger partial charge in [0, 0.05) is 104 Å². The molecule has 101 heavy (non-hydrogen) atoms. The van der Waals surface area contributed by atoms with Gasteiger partial charge >= 0.3 is 15.6 Å². The standard InChI is InChI=1S/C29H43N6O4P.C21H29N4O6P.C19H24N3O6P/c1-21(2)35(22(3)4)40(38-19-18-30-6)39-23(5)28(20-37-9)31-29(36)24-10-12-25(13-11-24)32-33-26-14-16-27(17-15-26)34(7)8;1-15(31-32(27,28)30-5)20(14-29-4)22-21(26)16-6-8-17(9-7-16)23-24-18-10-12-19(13-11-18)25(2)3;1-14(28-29(24,25)27-3)18(13-26-2)20-19(23)15-9-11-17(12-10-15)22-21-16-7-5-4-6-8-16/h10-17,21-23,28H,18-20H2,1-5,7-9H3,(H,31,36);6-13,15,20H,14H2,1-5H3,(H,22,26)(H,27,28);4-12,14,18H,13H2,1-3H3,(H,20,23)(H,24,25)/t23-,28-,40?;15-,20-;14-,18-/m000/s1. The van der Waals surface area contributed by atoms with E-state index in [1.165, 1.54) is 14.2 Å². The van der Waals surface area contributed by atoms with Crippen LogP contribution in [0.4, 0.5) is 45.5 Å². The van der Waals surface area contributed by atoms with Crippen molar-refractivity contribution < 1.29 is 74.7 Å². The topological polar surface area (TPSA) is 333 Å².